The quantitative estimate of drug-likeness (QED) is 0.172. The maximum Gasteiger partial charge on any atom is 0.0668 e. The Morgan fingerprint density at radius 3 is 0.649 bits per heavy atom. The van der Waals surface area contributed by atoms with Crippen molar-refractivity contribution in [3.63, 3.8) is 0 Å². The van der Waals surface area contributed by atoms with Gasteiger partial charge in [0.25, 0.3) is 0 Å². The molecule has 37 heavy (non-hydrogen) atoms. The summed E-state index contributed by atoms with van der Waals surface area (Å²) in [5.74, 6) is -4.49. The van der Waals surface area contributed by atoms with E-state index in [1.165, 1.54) is 0 Å². The van der Waals surface area contributed by atoms with E-state index in [4.69, 9.17) is 0 Å². The summed E-state index contributed by atoms with van der Waals surface area (Å²) >= 11 is 0. The summed E-state index contributed by atoms with van der Waals surface area (Å²) in [4.78, 5) is 40.0. The molecule has 0 aromatic carbocycles. The largest absolute Gasteiger partial charge is 0.545 e. The van der Waals surface area contributed by atoms with Crippen molar-refractivity contribution in [2.24, 2.45) is 0 Å². The Labute approximate surface area is 243 Å². The van der Waals surface area contributed by atoms with E-state index in [1.807, 2.05) is 27.7 Å². The van der Waals surface area contributed by atoms with Crippen LogP contribution in [0.4, 0.5) is 0 Å². The van der Waals surface area contributed by atoms with Gasteiger partial charge >= 0.3 is 0 Å². The Kier molecular flexibility index (Phi) is 38.4. The fraction of sp³-hybridized carbons (Fsp3) is 0.571. The van der Waals surface area contributed by atoms with Crippen molar-refractivity contribution in [2.75, 3.05) is 0 Å². The second kappa shape index (κ2) is 31.8. The molecule has 0 aromatic rings. The van der Waals surface area contributed by atoms with Gasteiger partial charge in [0.1, 0.15) is 0 Å². The number of carboxylic acid groups (broad SMARTS) is 4. The fourth-order valence-electron chi connectivity index (χ4n) is 1.97. The molecule has 0 rings (SSSR count). The molecule has 0 fully saturated rings. The summed E-state index contributed by atoms with van der Waals surface area (Å²) in [7, 11) is 0. The summed E-state index contributed by atoms with van der Waals surface area (Å²) in [5, 5.41) is 40.0. The van der Waals surface area contributed by atoms with Crippen LogP contribution in [0.1, 0.15) is 105 Å². The molecule has 4 radical (unpaired) electrons. The minimum absolute atomic E-state index is 0. The van der Waals surface area contributed by atoms with Crippen LogP contribution in [0.15, 0.2) is 48.6 Å². The molecule has 0 aliphatic heterocycles. The Bertz CT molecular complexity index is 591. The molecule has 0 aromatic heterocycles. The number of carbonyl (C=O) groups excluding carboxylic acids is 4. The van der Waals surface area contributed by atoms with Gasteiger partial charge in [-0.1, -0.05) is 79.7 Å². The van der Waals surface area contributed by atoms with Crippen molar-refractivity contribution in [1.29, 1.82) is 0 Å². The maximum atomic E-state index is 9.99. The number of carboxylic acids is 4. The summed E-state index contributed by atoms with van der Waals surface area (Å²) in [6.07, 6.45) is 9.71. The molecule has 0 aliphatic carbocycles. The minimum Gasteiger partial charge on any atom is -0.545 e. The summed E-state index contributed by atoms with van der Waals surface area (Å²) in [5.41, 5.74) is 0.822. The average molecular weight is 716 g/mol. The zero-order chi connectivity index (χ0) is 29.1. The molecule has 0 amide bonds. The molecular formula is C28H44O8Pb-4. The van der Waals surface area contributed by atoms with Gasteiger partial charge in [-0.25, -0.2) is 0 Å². The molecule has 0 spiro atoms. The third-order valence-electron chi connectivity index (χ3n) is 4.48. The first-order chi connectivity index (χ1) is 16.7. The Morgan fingerprint density at radius 1 is 0.432 bits per heavy atom. The van der Waals surface area contributed by atoms with Crippen LogP contribution < -0.4 is 20.4 Å². The van der Waals surface area contributed by atoms with E-state index in [2.05, 4.69) is 26.3 Å². The number of hydrogen-bond acceptors (Lipinski definition) is 8. The van der Waals surface area contributed by atoms with E-state index < -0.39 is 23.9 Å². The number of hydrogen-bond donors (Lipinski definition) is 0. The molecule has 0 heterocycles. The second-order valence-electron chi connectivity index (χ2n) is 7.98. The van der Waals surface area contributed by atoms with Gasteiger partial charge in [-0.05, 0) is 73.7 Å². The van der Waals surface area contributed by atoms with Crippen molar-refractivity contribution < 1.29 is 39.6 Å². The first-order valence-corrected chi connectivity index (χ1v) is 12.3. The van der Waals surface area contributed by atoms with Crippen molar-refractivity contribution >= 4 is 51.2 Å². The molecule has 212 valence electrons. The average Bonchev–Trinajstić information content (AvgIpc) is 2.83. The molecule has 0 saturated carbocycles. The van der Waals surface area contributed by atoms with Crippen LogP contribution in [0, 0.1) is 0 Å². The van der Waals surface area contributed by atoms with E-state index in [-0.39, 0.29) is 49.6 Å². The Balaban J connectivity index is -0.000000122. The normalized spacial score (nSPS) is 8.76. The zero-order valence-corrected chi connectivity index (χ0v) is 27.0. The summed E-state index contributed by atoms with van der Waals surface area (Å²) < 4.78 is 0. The van der Waals surface area contributed by atoms with Gasteiger partial charge in [0.2, 0.25) is 0 Å². The molecule has 0 saturated heterocycles. The molecule has 9 heteroatoms. The first kappa shape index (κ1) is 44.7. The minimum atomic E-state index is -1.12. The van der Waals surface area contributed by atoms with Gasteiger partial charge in [-0.15, -0.1) is 0 Å². The van der Waals surface area contributed by atoms with Gasteiger partial charge < -0.3 is 39.6 Å². The van der Waals surface area contributed by atoms with Gasteiger partial charge in [0.05, 0.1) is 23.9 Å². The van der Waals surface area contributed by atoms with Crippen molar-refractivity contribution in [2.45, 2.75) is 105 Å². The van der Waals surface area contributed by atoms with Gasteiger partial charge in [0.15, 0.2) is 0 Å². The molecular weight excluding hydrogens is 672 g/mol. The van der Waals surface area contributed by atoms with Crippen LogP contribution in [0.2, 0.25) is 0 Å². The molecule has 0 unspecified atom stereocenters. The van der Waals surface area contributed by atoms with Crippen LogP contribution in [0.25, 0.3) is 0 Å². The zero-order valence-electron chi connectivity index (χ0n) is 23.1. The Morgan fingerprint density at radius 2 is 0.568 bits per heavy atom. The SMILES string of the molecule is C=C(CCCC)C(=O)[O-].C=C(CCCC)C(=O)[O-].C=C(CCCC)C(=O)[O-].C=C(CCCC)C(=O)[O-].[Pb]. The fourth-order valence-corrected chi connectivity index (χ4v) is 1.97. The number of carbonyl (C=O) groups is 4. The van der Waals surface area contributed by atoms with Crippen LogP contribution in [-0.4, -0.2) is 51.2 Å². The standard InChI is InChI=1S/4C7H12O2.Pb/c4*1-3-4-5-6(2)7(8)9;/h4*2-5H2,1H3,(H,8,9);/p-4. The van der Waals surface area contributed by atoms with Crippen LogP contribution in [0.5, 0.6) is 0 Å². The smallest absolute Gasteiger partial charge is 0.0668 e. The molecule has 0 atom stereocenters. The summed E-state index contributed by atoms with van der Waals surface area (Å²) in [6.45, 7) is 21.3. The molecule has 0 aliphatic rings. The second-order valence-corrected chi connectivity index (χ2v) is 7.98. The first-order valence-electron chi connectivity index (χ1n) is 12.3. The maximum absolute atomic E-state index is 9.99. The van der Waals surface area contributed by atoms with Crippen LogP contribution in [-0.2, 0) is 19.2 Å². The van der Waals surface area contributed by atoms with Crippen LogP contribution in [0.3, 0.4) is 0 Å². The van der Waals surface area contributed by atoms with E-state index in [0.717, 1.165) is 51.4 Å². The molecule has 8 nitrogen and oxygen atoms in total. The third-order valence-corrected chi connectivity index (χ3v) is 4.48. The molecule has 0 bridgehead atoms. The van der Waals surface area contributed by atoms with Crippen molar-refractivity contribution in [1.82, 2.24) is 0 Å². The van der Waals surface area contributed by atoms with Gasteiger partial charge in [-0.2, -0.15) is 0 Å². The third kappa shape index (κ3) is 38.5. The monoisotopic (exact) mass is 716 g/mol. The predicted molar refractivity (Wildman–Crippen MR) is 140 cm³/mol. The predicted octanol–water partition coefficient (Wildman–Crippen LogP) is 1.55. The summed E-state index contributed by atoms with van der Waals surface area (Å²) in [6, 6.07) is 0. The Hall–Kier alpha value is -2.24. The van der Waals surface area contributed by atoms with Gasteiger partial charge in [-0.3, -0.25) is 0 Å². The van der Waals surface area contributed by atoms with E-state index in [0.29, 0.717) is 25.7 Å². The number of aliphatic carboxylic acids is 4. The van der Waals surface area contributed by atoms with Gasteiger partial charge in [0, 0.05) is 27.3 Å². The number of unbranched alkanes of at least 4 members (excludes halogenated alkanes) is 4. The molecule has 0 N–H and O–H groups in total. The van der Waals surface area contributed by atoms with Crippen molar-refractivity contribution in [3.05, 3.63) is 48.6 Å². The van der Waals surface area contributed by atoms with E-state index in [1.54, 1.807) is 0 Å². The van der Waals surface area contributed by atoms with Crippen LogP contribution >= 0.6 is 0 Å². The topological polar surface area (TPSA) is 161 Å². The number of rotatable bonds is 16. The van der Waals surface area contributed by atoms with E-state index in [9.17, 15) is 39.6 Å². The van der Waals surface area contributed by atoms with E-state index >= 15 is 0 Å². The van der Waals surface area contributed by atoms with Crippen molar-refractivity contribution in [3.8, 4) is 0 Å².